The quantitative estimate of drug-likeness (QED) is 0.719. The van der Waals surface area contributed by atoms with Crippen molar-refractivity contribution >= 4 is 28.5 Å². The molecule has 0 unspecified atom stereocenters. The molecule has 0 aliphatic rings. The fraction of sp³-hybridized carbons (Fsp3) is 0.0769. The van der Waals surface area contributed by atoms with E-state index in [1.165, 1.54) is 0 Å². The van der Waals surface area contributed by atoms with E-state index in [0.29, 0.717) is 11.6 Å². The number of rotatable bonds is 2. The second-order valence-corrected chi connectivity index (χ2v) is 4.55. The van der Waals surface area contributed by atoms with Crippen LogP contribution in [0.15, 0.2) is 42.9 Å². The molecule has 18 heavy (non-hydrogen) atoms. The van der Waals surface area contributed by atoms with Crippen LogP contribution < -0.4 is 5.73 Å². The fourth-order valence-corrected chi connectivity index (χ4v) is 2.01. The molecule has 0 amide bonds. The molecule has 2 N–H and O–H groups in total. The molecular weight excluding hydrogens is 248 g/mol. The zero-order valence-corrected chi connectivity index (χ0v) is 10.3. The first kappa shape index (κ1) is 11.0. The molecule has 0 radical (unpaired) electrons. The first-order valence-corrected chi connectivity index (χ1v) is 5.91. The number of pyridine rings is 1. The topological polar surface area (TPSA) is 56.7 Å². The highest BCUT2D eigenvalue weighted by Gasteiger charge is 2.05. The van der Waals surface area contributed by atoms with Crippen molar-refractivity contribution in [3.8, 4) is 0 Å². The van der Waals surface area contributed by atoms with E-state index in [4.69, 9.17) is 17.3 Å². The van der Waals surface area contributed by atoms with E-state index >= 15 is 0 Å². The summed E-state index contributed by atoms with van der Waals surface area (Å²) in [5.41, 5.74) is 9.21. The Kier molecular flexibility index (Phi) is 2.64. The first-order valence-electron chi connectivity index (χ1n) is 5.53. The van der Waals surface area contributed by atoms with E-state index in [1.807, 2.05) is 34.9 Å². The van der Waals surface area contributed by atoms with Crippen LogP contribution in [0.25, 0.3) is 11.2 Å². The number of nitrogens with zero attached hydrogens (tertiary/aromatic N) is 3. The Morgan fingerprint density at radius 3 is 2.72 bits per heavy atom. The lowest BCUT2D eigenvalue weighted by Crippen LogP contribution is -1.99. The normalized spacial score (nSPS) is 10.9. The summed E-state index contributed by atoms with van der Waals surface area (Å²) in [6.45, 7) is 0.714. The van der Waals surface area contributed by atoms with Gasteiger partial charge in [0, 0.05) is 11.9 Å². The number of nitrogen functional groups attached to an aromatic ring is 1. The number of aromatic nitrogens is 3. The average Bonchev–Trinajstić information content (AvgIpc) is 2.74. The highest BCUT2D eigenvalue weighted by molar-refractivity contribution is 6.31. The molecule has 0 bridgehead atoms. The molecule has 0 aliphatic carbocycles. The van der Waals surface area contributed by atoms with Gasteiger partial charge in [-0.25, -0.2) is 9.97 Å². The second kappa shape index (κ2) is 4.31. The summed E-state index contributed by atoms with van der Waals surface area (Å²) in [5, 5.41) is 0.597. The van der Waals surface area contributed by atoms with Crippen LogP contribution >= 0.6 is 11.6 Å². The lowest BCUT2D eigenvalue weighted by Gasteiger charge is -2.04. The molecule has 2 aromatic heterocycles. The predicted octanol–water partition coefficient (Wildman–Crippen LogP) is 2.72. The van der Waals surface area contributed by atoms with Crippen LogP contribution in [0, 0.1) is 0 Å². The van der Waals surface area contributed by atoms with Crippen molar-refractivity contribution in [1.29, 1.82) is 0 Å². The van der Waals surface area contributed by atoms with Crippen molar-refractivity contribution < 1.29 is 0 Å². The maximum absolute atomic E-state index is 5.88. The van der Waals surface area contributed by atoms with Crippen molar-refractivity contribution in [2.24, 2.45) is 0 Å². The molecule has 0 spiro atoms. The number of fused-ring (bicyclic) bond motifs is 1. The summed E-state index contributed by atoms with van der Waals surface area (Å²) in [6, 6.07) is 9.58. The summed E-state index contributed by atoms with van der Waals surface area (Å²) in [4.78, 5) is 8.58. The van der Waals surface area contributed by atoms with Gasteiger partial charge in [-0.05, 0) is 23.8 Å². The monoisotopic (exact) mass is 258 g/mol. The predicted molar refractivity (Wildman–Crippen MR) is 72.5 cm³/mol. The third kappa shape index (κ3) is 2.02. The zero-order valence-electron chi connectivity index (χ0n) is 9.55. The van der Waals surface area contributed by atoms with Gasteiger partial charge in [-0.15, -0.1) is 0 Å². The smallest absolute Gasteiger partial charge is 0.160 e. The van der Waals surface area contributed by atoms with Gasteiger partial charge >= 0.3 is 0 Å². The third-order valence-electron chi connectivity index (χ3n) is 2.75. The maximum atomic E-state index is 5.88. The van der Waals surface area contributed by atoms with Crippen LogP contribution in [0.1, 0.15) is 5.56 Å². The van der Waals surface area contributed by atoms with E-state index in [0.717, 1.165) is 22.4 Å². The lowest BCUT2D eigenvalue weighted by molar-refractivity contribution is 0.814. The number of halogens is 1. The number of hydrogen-bond donors (Lipinski definition) is 1. The van der Waals surface area contributed by atoms with Gasteiger partial charge in [0.05, 0.1) is 17.9 Å². The fourth-order valence-electron chi connectivity index (χ4n) is 1.86. The Morgan fingerprint density at radius 2 is 1.94 bits per heavy atom. The van der Waals surface area contributed by atoms with Crippen LogP contribution in [-0.4, -0.2) is 14.5 Å². The Morgan fingerprint density at radius 1 is 1.17 bits per heavy atom. The first-order chi connectivity index (χ1) is 8.72. The minimum atomic E-state index is 0.597. The van der Waals surface area contributed by atoms with Crippen LogP contribution in [0.4, 0.5) is 5.69 Å². The number of nitrogens with two attached hydrogens (primary N) is 1. The molecule has 3 rings (SSSR count). The molecule has 90 valence electrons. The number of benzene rings is 1. The molecule has 0 aliphatic heterocycles. The summed E-state index contributed by atoms with van der Waals surface area (Å²) in [6.07, 6.45) is 3.40. The van der Waals surface area contributed by atoms with E-state index < -0.39 is 0 Å². The highest BCUT2D eigenvalue weighted by atomic mass is 35.5. The van der Waals surface area contributed by atoms with Crippen LogP contribution in [0.3, 0.4) is 0 Å². The van der Waals surface area contributed by atoms with Crippen molar-refractivity contribution in [1.82, 2.24) is 14.5 Å². The Labute approximate surface area is 109 Å². The van der Waals surface area contributed by atoms with Gasteiger partial charge in [-0.3, -0.25) is 0 Å². The van der Waals surface area contributed by atoms with Gasteiger partial charge in [0.2, 0.25) is 0 Å². The standard InChI is InChI=1S/C13H11ClN4/c14-10-5-12-13(16-6-10)18(8-17-12)7-9-1-3-11(15)4-2-9/h1-6,8H,7,15H2. The van der Waals surface area contributed by atoms with Crippen LogP contribution in [0.2, 0.25) is 5.02 Å². The summed E-state index contributed by atoms with van der Waals surface area (Å²) >= 11 is 5.88. The number of imidazole rings is 1. The van der Waals surface area contributed by atoms with Gasteiger partial charge in [0.1, 0.15) is 5.52 Å². The number of hydrogen-bond acceptors (Lipinski definition) is 3. The summed E-state index contributed by atoms with van der Waals surface area (Å²) < 4.78 is 1.98. The van der Waals surface area contributed by atoms with Crippen LogP contribution in [0.5, 0.6) is 0 Å². The van der Waals surface area contributed by atoms with Crippen LogP contribution in [-0.2, 0) is 6.54 Å². The molecule has 0 saturated heterocycles. The molecule has 4 nitrogen and oxygen atoms in total. The average molecular weight is 259 g/mol. The van der Waals surface area contributed by atoms with Crippen molar-refractivity contribution in [3.05, 3.63) is 53.4 Å². The number of anilines is 1. The van der Waals surface area contributed by atoms with Gasteiger partial charge in [-0.2, -0.15) is 0 Å². The van der Waals surface area contributed by atoms with E-state index in [9.17, 15) is 0 Å². The Bertz CT molecular complexity index is 688. The second-order valence-electron chi connectivity index (χ2n) is 4.11. The molecule has 2 heterocycles. The third-order valence-corrected chi connectivity index (χ3v) is 2.96. The molecule has 3 aromatic rings. The SMILES string of the molecule is Nc1ccc(Cn2cnc3cc(Cl)cnc32)cc1. The highest BCUT2D eigenvalue weighted by Crippen LogP contribution is 2.16. The minimum absolute atomic E-state index is 0.597. The van der Waals surface area contributed by atoms with Gasteiger partial charge in [-0.1, -0.05) is 23.7 Å². The molecule has 5 heteroatoms. The Balaban J connectivity index is 1.97. The van der Waals surface area contributed by atoms with Gasteiger partial charge in [0.15, 0.2) is 5.65 Å². The van der Waals surface area contributed by atoms with Crippen molar-refractivity contribution in [2.75, 3.05) is 5.73 Å². The van der Waals surface area contributed by atoms with E-state index in [1.54, 1.807) is 12.5 Å². The molecule has 0 saturated carbocycles. The zero-order chi connectivity index (χ0) is 12.5. The van der Waals surface area contributed by atoms with Gasteiger partial charge in [0.25, 0.3) is 0 Å². The van der Waals surface area contributed by atoms with E-state index in [2.05, 4.69) is 9.97 Å². The van der Waals surface area contributed by atoms with E-state index in [-0.39, 0.29) is 0 Å². The minimum Gasteiger partial charge on any atom is -0.399 e. The molecule has 0 fully saturated rings. The largest absolute Gasteiger partial charge is 0.399 e. The molecule has 1 aromatic carbocycles. The summed E-state index contributed by atoms with van der Waals surface area (Å²) in [5.74, 6) is 0. The van der Waals surface area contributed by atoms with Gasteiger partial charge < -0.3 is 10.3 Å². The lowest BCUT2D eigenvalue weighted by atomic mass is 10.2. The Hall–Kier alpha value is -2.07. The van der Waals surface area contributed by atoms with Crippen molar-refractivity contribution in [3.63, 3.8) is 0 Å². The summed E-state index contributed by atoms with van der Waals surface area (Å²) in [7, 11) is 0. The maximum Gasteiger partial charge on any atom is 0.160 e. The molecular formula is C13H11ClN4. The molecule has 0 atom stereocenters. The van der Waals surface area contributed by atoms with Crippen molar-refractivity contribution in [2.45, 2.75) is 6.54 Å².